The second kappa shape index (κ2) is 10.4. The van der Waals surface area contributed by atoms with E-state index in [1.807, 2.05) is 21.6 Å². The zero-order valence-corrected chi connectivity index (χ0v) is 16.2. The van der Waals surface area contributed by atoms with Crippen molar-refractivity contribution in [3.63, 3.8) is 0 Å². The van der Waals surface area contributed by atoms with E-state index in [-0.39, 0.29) is 18.3 Å². The number of hydrogen-bond acceptors (Lipinski definition) is 7. The fourth-order valence-electron chi connectivity index (χ4n) is 2.51. The highest BCUT2D eigenvalue weighted by molar-refractivity contribution is 8.77. The fourth-order valence-corrected chi connectivity index (χ4v) is 5.54. The highest BCUT2D eigenvalue weighted by Gasteiger charge is 2.16. The van der Waals surface area contributed by atoms with Crippen LogP contribution in [-0.4, -0.2) is 34.4 Å². The van der Waals surface area contributed by atoms with E-state index in [1.165, 1.54) is 30.4 Å². The van der Waals surface area contributed by atoms with Crippen LogP contribution in [0.3, 0.4) is 0 Å². The van der Waals surface area contributed by atoms with Crippen molar-refractivity contribution in [1.82, 2.24) is 0 Å². The molecule has 0 radical (unpaired) electrons. The minimum Gasteiger partial charge on any atom is -0.456 e. The Balaban J connectivity index is 1.64. The van der Waals surface area contributed by atoms with Crippen molar-refractivity contribution >= 4 is 44.8 Å². The lowest BCUT2D eigenvalue weighted by molar-refractivity contribution is -0.384. The topological polar surface area (TPSA) is 98.5 Å². The Kier molecular flexibility index (Phi) is 8.24. The SMILES string of the molecule is Cc1cc([N+](=O)[O-])ccc1NC(=O)COC(=O)CCCC[C@@H]1CCSS1. The van der Waals surface area contributed by atoms with Crippen LogP contribution in [0.25, 0.3) is 0 Å². The largest absolute Gasteiger partial charge is 0.456 e. The Morgan fingerprint density at radius 2 is 2.19 bits per heavy atom. The minimum atomic E-state index is -0.495. The monoisotopic (exact) mass is 398 g/mol. The maximum absolute atomic E-state index is 11.9. The van der Waals surface area contributed by atoms with Gasteiger partial charge in [-0.1, -0.05) is 28.0 Å². The number of nitrogens with zero attached hydrogens (tertiary/aromatic N) is 1. The standard InChI is InChI=1S/C17H22N2O5S2/c1-12-10-13(19(22)23)6-7-15(12)18-16(20)11-24-17(21)5-3-2-4-14-8-9-25-26-14/h6-7,10,14H,2-5,8-9,11H2,1H3,(H,18,20)/t14-/m1/s1. The molecule has 1 aromatic rings. The molecule has 1 atom stereocenters. The lowest BCUT2D eigenvalue weighted by Crippen LogP contribution is -2.21. The maximum Gasteiger partial charge on any atom is 0.306 e. The number of unbranched alkanes of at least 4 members (excludes halogenated alkanes) is 1. The summed E-state index contributed by atoms with van der Waals surface area (Å²) in [5, 5.41) is 14.0. The maximum atomic E-state index is 11.9. The number of aryl methyl sites for hydroxylation is 1. The molecule has 0 aliphatic carbocycles. The van der Waals surface area contributed by atoms with E-state index >= 15 is 0 Å². The zero-order valence-electron chi connectivity index (χ0n) is 14.6. The number of anilines is 1. The first-order valence-electron chi connectivity index (χ1n) is 8.44. The molecule has 1 amide bonds. The van der Waals surface area contributed by atoms with Crippen LogP contribution in [-0.2, 0) is 14.3 Å². The number of amides is 1. The first-order valence-corrected chi connectivity index (χ1v) is 10.8. The number of benzene rings is 1. The van der Waals surface area contributed by atoms with Crippen LogP contribution in [0.4, 0.5) is 11.4 Å². The first kappa shape index (κ1) is 20.6. The fraction of sp³-hybridized carbons (Fsp3) is 0.529. The summed E-state index contributed by atoms with van der Waals surface area (Å²) in [5.41, 5.74) is 0.993. The molecule has 1 aromatic carbocycles. The molecule has 0 bridgehead atoms. The molecular weight excluding hydrogens is 376 g/mol. The molecule has 1 aliphatic rings. The molecule has 0 spiro atoms. The van der Waals surface area contributed by atoms with E-state index in [0.29, 0.717) is 22.9 Å². The Labute approximate surface area is 160 Å². The molecule has 1 fully saturated rings. The quantitative estimate of drug-likeness (QED) is 0.220. The van der Waals surface area contributed by atoms with Gasteiger partial charge in [0.25, 0.3) is 11.6 Å². The van der Waals surface area contributed by atoms with Crippen LogP contribution in [0.5, 0.6) is 0 Å². The molecule has 142 valence electrons. The molecule has 1 saturated heterocycles. The van der Waals surface area contributed by atoms with E-state index < -0.39 is 10.8 Å². The van der Waals surface area contributed by atoms with Crippen molar-refractivity contribution in [1.29, 1.82) is 0 Å². The first-order chi connectivity index (χ1) is 12.5. The van der Waals surface area contributed by atoms with Crippen molar-refractivity contribution in [2.75, 3.05) is 17.7 Å². The average Bonchev–Trinajstić information content (AvgIpc) is 3.12. The van der Waals surface area contributed by atoms with Gasteiger partial charge in [0.05, 0.1) is 4.92 Å². The van der Waals surface area contributed by atoms with Crippen LogP contribution < -0.4 is 5.32 Å². The van der Waals surface area contributed by atoms with E-state index in [0.717, 1.165) is 19.3 Å². The lowest BCUT2D eigenvalue weighted by Gasteiger charge is -2.09. The summed E-state index contributed by atoms with van der Waals surface area (Å²) in [4.78, 5) is 33.8. The number of nitrogens with one attached hydrogen (secondary N) is 1. The molecular formula is C17H22N2O5S2. The molecule has 9 heteroatoms. The second-order valence-electron chi connectivity index (χ2n) is 6.04. The number of carbonyl (C=O) groups excluding carboxylic acids is 2. The number of carbonyl (C=O) groups is 2. The summed E-state index contributed by atoms with van der Waals surface area (Å²) >= 11 is 0. The van der Waals surface area contributed by atoms with Gasteiger partial charge in [-0.05, 0) is 37.8 Å². The summed E-state index contributed by atoms with van der Waals surface area (Å²) in [7, 11) is 3.84. The van der Waals surface area contributed by atoms with E-state index in [2.05, 4.69) is 5.32 Å². The van der Waals surface area contributed by atoms with Crippen LogP contribution in [0.1, 0.15) is 37.7 Å². The Morgan fingerprint density at radius 1 is 1.38 bits per heavy atom. The van der Waals surface area contributed by atoms with Gasteiger partial charge in [0.2, 0.25) is 0 Å². The highest BCUT2D eigenvalue weighted by Crippen LogP contribution is 2.39. The number of nitro groups is 1. The number of nitro benzene ring substituents is 1. The molecule has 1 heterocycles. The zero-order chi connectivity index (χ0) is 18.9. The molecule has 26 heavy (non-hydrogen) atoms. The van der Waals surface area contributed by atoms with Crippen LogP contribution >= 0.6 is 21.6 Å². The van der Waals surface area contributed by atoms with Gasteiger partial charge in [-0.2, -0.15) is 0 Å². The predicted octanol–water partition coefficient (Wildman–Crippen LogP) is 4.10. The van der Waals surface area contributed by atoms with E-state index in [4.69, 9.17) is 4.74 Å². The third-order valence-electron chi connectivity index (χ3n) is 3.94. The molecule has 0 unspecified atom stereocenters. The van der Waals surface area contributed by atoms with E-state index in [1.54, 1.807) is 6.92 Å². The van der Waals surface area contributed by atoms with Gasteiger partial charge in [0.15, 0.2) is 6.61 Å². The van der Waals surface area contributed by atoms with Gasteiger partial charge in [-0.3, -0.25) is 19.7 Å². The molecule has 1 N–H and O–H groups in total. The van der Waals surface area contributed by atoms with Gasteiger partial charge in [-0.15, -0.1) is 0 Å². The summed E-state index contributed by atoms with van der Waals surface area (Å²) < 4.78 is 4.98. The highest BCUT2D eigenvalue weighted by atomic mass is 33.1. The van der Waals surface area contributed by atoms with Gasteiger partial charge >= 0.3 is 5.97 Å². The van der Waals surface area contributed by atoms with Gasteiger partial charge in [0, 0.05) is 35.2 Å². The van der Waals surface area contributed by atoms with Crippen LogP contribution in [0.2, 0.25) is 0 Å². The number of esters is 1. The van der Waals surface area contributed by atoms with Gasteiger partial charge in [-0.25, -0.2) is 0 Å². The van der Waals surface area contributed by atoms with Crippen molar-refractivity contribution < 1.29 is 19.2 Å². The smallest absolute Gasteiger partial charge is 0.306 e. The third kappa shape index (κ3) is 6.87. The summed E-state index contributed by atoms with van der Waals surface area (Å²) in [6.45, 7) is 1.31. The van der Waals surface area contributed by atoms with Gasteiger partial charge < -0.3 is 10.1 Å². The molecule has 7 nitrogen and oxygen atoms in total. The van der Waals surface area contributed by atoms with Crippen molar-refractivity contribution in [2.24, 2.45) is 0 Å². The average molecular weight is 399 g/mol. The van der Waals surface area contributed by atoms with Gasteiger partial charge in [0.1, 0.15) is 0 Å². The predicted molar refractivity (Wildman–Crippen MR) is 104 cm³/mol. The third-order valence-corrected chi connectivity index (χ3v) is 6.95. The Bertz CT molecular complexity index is 663. The Hall–Kier alpha value is -1.74. The number of rotatable bonds is 9. The normalized spacial score (nSPS) is 16.3. The molecule has 0 saturated carbocycles. The van der Waals surface area contributed by atoms with Crippen molar-refractivity contribution in [3.8, 4) is 0 Å². The lowest BCUT2D eigenvalue weighted by atomic mass is 10.1. The van der Waals surface area contributed by atoms with Crippen molar-refractivity contribution in [3.05, 3.63) is 33.9 Å². The summed E-state index contributed by atoms with van der Waals surface area (Å²) in [6.07, 6.45) is 4.42. The van der Waals surface area contributed by atoms with Crippen molar-refractivity contribution in [2.45, 2.75) is 44.3 Å². The van der Waals surface area contributed by atoms with Crippen LogP contribution in [0.15, 0.2) is 18.2 Å². The number of ether oxygens (including phenoxy) is 1. The molecule has 0 aromatic heterocycles. The minimum absolute atomic E-state index is 0.0403. The number of non-ortho nitro benzene ring substituents is 1. The summed E-state index contributed by atoms with van der Waals surface area (Å²) in [6, 6.07) is 4.16. The van der Waals surface area contributed by atoms with E-state index in [9.17, 15) is 19.7 Å². The Morgan fingerprint density at radius 3 is 2.85 bits per heavy atom. The summed E-state index contributed by atoms with van der Waals surface area (Å²) in [5.74, 6) is 0.365. The second-order valence-corrected chi connectivity index (χ2v) is 8.83. The number of hydrogen-bond donors (Lipinski definition) is 1. The molecule has 2 rings (SSSR count). The van der Waals surface area contributed by atoms with Crippen LogP contribution in [0, 0.1) is 17.0 Å². The molecule has 1 aliphatic heterocycles.